The molecule has 0 fully saturated rings. The number of nitrogen functional groups attached to an aromatic ring is 1. The number of carbonyl (C=O) groups excluding carboxylic acids is 1. The Morgan fingerprint density at radius 1 is 1.20 bits per heavy atom. The molecule has 4 heteroatoms. The minimum atomic E-state index is 0.0331. The number of anilines is 1. The average Bonchev–Trinajstić information content (AvgIpc) is 2.36. The van der Waals surface area contributed by atoms with Crippen LogP contribution in [0.25, 0.3) is 0 Å². The second kappa shape index (κ2) is 7.17. The molecule has 1 aromatic rings. The van der Waals surface area contributed by atoms with Gasteiger partial charge < -0.3 is 15.4 Å². The van der Waals surface area contributed by atoms with Crippen LogP contribution in [0.5, 0.6) is 5.75 Å². The van der Waals surface area contributed by atoms with Crippen molar-refractivity contribution in [3.63, 3.8) is 0 Å². The summed E-state index contributed by atoms with van der Waals surface area (Å²) in [5, 5.41) is 0. The zero-order chi connectivity index (χ0) is 15.3. The summed E-state index contributed by atoms with van der Waals surface area (Å²) < 4.78 is 5.18. The average molecular weight is 278 g/mol. The lowest BCUT2D eigenvalue weighted by molar-refractivity contribution is 0.0715. The highest BCUT2D eigenvalue weighted by atomic mass is 16.5. The van der Waals surface area contributed by atoms with Gasteiger partial charge in [-0.3, -0.25) is 4.79 Å². The third-order valence-corrected chi connectivity index (χ3v) is 2.94. The molecule has 1 rings (SSSR count). The molecule has 0 aliphatic rings. The van der Waals surface area contributed by atoms with Crippen LogP contribution in [-0.4, -0.2) is 31.0 Å². The molecule has 112 valence electrons. The number of nitrogens with zero attached hydrogens (tertiary/aromatic N) is 1. The van der Waals surface area contributed by atoms with Crippen LogP contribution in [0.2, 0.25) is 0 Å². The molecular formula is C16H26N2O2. The van der Waals surface area contributed by atoms with E-state index in [1.54, 1.807) is 25.3 Å². The Kier molecular flexibility index (Phi) is 5.86. The molecule has 0 aliphatic carbocycles. The Balaban J connectivity index is 2.98. The topological polar surface area (TPSA) is 55.6 Å². The molecule has 0 unspecified atom stereocenters. The van der Waals surface area contributed by atoms with Crippen LogP contribution in [0.4, 0.5) is 5.69 Å². The maximum Gasteiger partial charge on any atom is 0.254 e. The quantitative estimate of drug-likeness (QED) is 0.814. The zero-order valence-corrected chi connectivity index (χ0v) is 13.1. The number of nitrogens with two attached hydrogens (primary N) is 1. The van der Waals surface area contributed by atoms with Gasteiger partial charge in [-0.1, -0.05) is 27.7 Å². The summed E-state index contributed by atoms with van der Waals surface area (Å²) in [7, 11) is 1.56. The van der Waals surface area contributed by atoms with Crippen molar-refractivity contribution < 1.29 is 9.53 Å². The molecule has 1 aromatic carbocycles. The van der Waals surface area contributed by atoms with Gasteiger partial charge in [0.15, 0.2) is 0 Å². The predicted octanol–water partition coefficient (Wildman–Crippen LogP) is 3.03. The molecular weight excluding hydrogens is 252 g/mol. The molecule has 0 aliphatic heterocycles. The van der Waals surface area contributed by atoms with Crippen LogP contribution in [0.1, 0.15) is 38.1 Å². The van der Waals surface area contributed by atoms with E-state index in [-0.39, 0.29) is 5.91 Å². The fourth-order valence-electron chi connectivity index (χ4n) is 2.15. The van der Waals surface area contributed by atoms with E-state index in [1.807, 2.05) is 4.90 Å². The first-order valence-corrected chi connectivity index (χ1v) is 7.08. The Morgan fingerprint density at radius 3 is 2.20 bits per heavy atom. The van der Waals surface area contributed by atoms with Gasteiger partial charge >= 0.3 is 0 Å². The molecule has 1 amide bonds. The number of hydrogen-bond donors (Lipinski definition) is 1. The number of hydrogen-bond acceptors (Lipinski definition) is 3. The smallest absolute Gasteiger partial charge is 0.254 e. The van der Waals surface area contributed by atoms with Crippen LogP contribution >= 0.6 is 0 Å². The zero-order valence-electron chi connectivity index (χ0n) is 13.1. The molecule has 0 heterocycles. The van der Waals surface area contributed by atoms with Crippen molar-refractivity contribution in [2.75, 3.05) is 25.9 Å². The lowest BCUT2D eigenvalue weighted by atomic mass is 10.1. The monoisotopic (exact) mass is 278 g/mol. The number of methoxy groups -OCH3 is 1. The summed E-state index contributed by atoms with van der Waals surface area (Å²) in [4.78, 5) is 14.5. The first-order valence-electron chi connectivity index (χ1n) is 7.08. The van der Waals surface area contributed by atoms with Gasteiger partial charge in [-0.15, -0.1) is 0 Å². The van der Waals surface area contributed by atoms with Crippen LogP contribution < -0.4 is 10.5 Å². The van der Waals surface area contributed by atoms with Gasteiger partial charge in [-0.2, -0.15) is 0 Å². The van der Waals surface area contributed by atoms with Crippen LogP contribution in [0, 0.1) is 11.8 Å². The van der Waals surface area contributed by atoms with Crippen molar-refractivity contribution in [2.24, 2.45) is 11.8 Å². The predicted molar refractivity (Wildman–Crippen MR) is 83.0 cm³/mol. The van der Waals surface area contributed by atoms with E-state index in [0.717, 1.165) is 13.1 Å². The normalized spacial score (nSPS) is 10.9. The fraction of sp³-hybridized carbons (Fsp3) is 0.562. The van der Waals surface area contributed by atoms with E-state index in [0.29, 0.717) is 28.8 Å². The van der Waals surface area contributed by atoms with Crippen molar-refractivity contribution in [3.05, 3.63) is 23.8 Å². The molecule has 0 radical (unpaired) electrons. The van der Waals surface area contributed by atoms with Gasteiger partial charge in [0.1, 0.15) is 5.75 Å². The summed E-state index contributed by atoms with van der Waals surface area (Å²) in [5.41, 5.74) is 6.96. The third kappa shape index (κ3) is 4.44. The highest BCUT2D eigenvalue weighted by Gasteiger charge is 2.19. The Bertz CT molecular complexity index is 446. The third-order valence-electron chi connectivity index (χ3n) is 2.94. The number of rotatable bonds is 6. The number of carbonyl (C=O) groups is 1. The summed E-state index contributed by atoms with van der Waals surface area (Å²) in [6.45, 7) is 9.97. The SMILES string of the molecule is COc1cc(C(=O)N(CC(C)C)CC(C)C)ccc1N. The molecule has 0 saturated carbocycles. The molecule has 0 aromatic heterocycles. The van der Waals surface area contributed by atoms with Gasteiger partial charge in [0.2, 0.25) is 0 Å². The lowest BCUT2D eigenvalue weighted by Gasteiger charge is -2.26. The minimum absolute atomic E-state index is 0.0331. The highest BCUT2D eigenvalue weighted by molar-refractivity contribution is 5.95. The van der Waals surface area contributed by atoms with E-state index < -0.39 is 0 Å². The summed E-state index contributed by atoms with van der Waals surface area (Å²) in [6, 6.07) is 5.19. The van der Waals surface area contributed by atoms with Crippen molar-refractivity contribution in [2.45, 2.75) is 27.7 Å². The fourth-order valence-corrected chi connectivity index (χ4v) is 2.15. The molecule has 20 heavy (non-hydrogen) atoms. The van der Waals surface area contributed by atoms with E-state index in [1.165, 1.54) is 0 Å². The molecule has 2 N–H and O–H groups in total. The van der Waals surface area contributed by atoms with E-state index in [9.17, 15) is 4.79 Å². The number of ether oxygens (including phenoxy) is 1. The number of benzene rings is 1. The second-order valence-corrected chi connectivity index (χ2v) is 5.95. The molecule has 0 bridgehead atoms. The summed E-state index contributed by atoms with van der Waals surface area (Å²) in [5.74, 6) is 1.46. The van der Waals surface area contributed by atoms with E-state index in [2.05, 4.69) is 27.7 Å². The highest BCUT2D eigenvalue weighted by Crippen LogP contribution is 2.23. The van der Waals surface area contributed by atoms with Gasteiger partial charge in [0.25, 0.3) is 5.91 Å². The summed E-state index contributed by atoms with van der Waals surface area (Å²) >= 11 is 0. The first-order chi connectivity index (χ1) is 9.35. The Morgan fingerprint density at radius 2 is 1.75 bits per heavy atom. The standard InChI is InChI=1S/C16H26N2O2/c1-11(2)9-18(10-12(3)4)16(19)13-6-7-14(17)15(8-13)20-5/h6-8,11-12H,9-10,17H2,1-5H3. The summed E-state index contributed by atoms with van der Waals surface area (Å²) in [6.07, 6.45) is 0. The molecule has 4 nitrogen and oxygen atoms in total. The lowest BCUT2D eigenvalue weighted by Crippen LogP contribution is -2.37. The van der Waals surface area contributed by atoms with Gasteiger partial charge in [-0.25, -0.2) is 0 Å². The first kappa shape index (κ1) is 16.3. The van der Waals surface area contributed by atoms with Crippen molar-refractivity contribution in [1.82, 2.24) is 4.90 Å². The maximum atomic E-state index is 12.6. The second-order valence-electron chi connectivity index (χ2n) is 5.95. The Labute approximate surface area is 121 Å². The largest absolute Gasteiger partial charge is 0.495 e. The van der Waals surface area contributed by atoms with Crippen LogP contribution in [-0.2, 0) is 0 Å². The van der Waals surface area contributed by atoms with E-state index in [4.69, 9.17) is 10.5 Å². The van der Waals surface area contributed by atoms with E-state index >= 15 is 0 Å². The molecule has 0 saturated heterocycles. The Hall–Kier alpha value is -1.71. The van der Waals surface area contributed by atoms with Crippen molar-refractivity contribution >= 4 is 11.6 Å². The van der Waals surface area contributed by atoms with Crippen LogP contribution in [0.3, 0.4) is 0 Å². The molecule has 0 atom stereocenters. The van der Waals surface area contributed by atoms with Gasteiger partial charge in [-0.05, 0) is 30.0 Å². The van der Waals surface area contributed by atoms with Crippen LogP contribution in [0.15, 0.2) is 18.2 Å². The van der Waals surface area contributed by atoms with Gasteiger partial charge in [0, 0.05) is 18.7 Å². The molecule has 0 spiro atoms. The maximum absolute atomic E-state index is 12.6. The minimum Gasteiger partial charge on any atom is -0.495 e. The number of amides is 1. The van der Waals surface area contributed by atoms with Gasteiger partial charge in [0.05, 0.1) is 12.8 Å². The van der Waals surface area contributed by atoms with Crippen molar-refractivity contribution in [3.8, 4) is 5.75 Å². The van der Waals surface area contributed by atoms with Crippen molar-refractivity contribution in [1.29, 1.82) is 0 Å².